The molecule has 0 saturated heterocycles. The van der Waals surface area contributed by atoms with E-state index in [-0.39, 0.29) is 17.6 Å². The molecule has 1 aromatic carbocycles. The van der Waals surface area contributed by atoms with E-state index in [1.54, 1.807) is 0 Å². The smallest absolute Gasteiger partial charge is 0.243 e. The maximum absolute atomic E-state index is 11.8. The number of thiol groups is 1. The molecule has 0 fully saturated rings. The number of hydrogen-bond acceptors (Lipinski definition) is 3. The molecule has 19 heavy (non-hydrogen) atoms. The summed E-state index contributed by atoms with van der Waals surface area (Å²) in [7, 11) is 0. The van der Waals surface area contributed by atoms with Crippen molar-refractivity contribution >= 4 is 24.4 Å². The van der Waals surface area contributed by atoms with Gasteiger partial charge in [-0.05, 0) is 17.5 Å². The fourth-order valence-corrected chi connectivity index (χ4v) is 1.90. The van der Waals surface area contributed by atoms with Crippen LogP contribution in [-0.4, -0.2) is 23.6 Å². The van der Waals surface area contributed by atoms with E-state index in [0.717, 1.165) is 12.0 Å². The molecule has 0 aliphatic carbocycles. The third-order valence-electron chi connectivity index (χ3n) is 2.77. The van der Waals surface area contributed by atoms with Gasteiger partial charge in [0, 0.05) is 19.2 Å². The first kappa shape index (κ1) is 15.6. The van der Waals surface area contributed by atoms with E-state index < -0.39 is 6.04 Å². The minimum Gasteiger partial charge on any atom is -0.350 e. The second kappa shape index (κ2) is 7.84. The summed E-state index contributed by atoms with van der Waals surface area (Å²) in [5.74, 6) is -0.175. The summed E-state index contributed by atoms with van der Waals surface area (Å²) >= 11 is 4.06. The summed E-state index contributed by atoms with van der Waals surface area (Å²) in [6.45, 7) is 3.93. The molecule has 1 rings (SSSR count). The standard InChI is InChI=1S/C14H20N2O2S/c1-3-11-4-6-12(7-5-11)8-15-14(18)13(9-19)16-10(2)17/h4-7,13,19H,3,8-9H2,1-2H3,(H,15,18)(H,16,17). The molecule has 0 aliphatic rings. The van der Waals surface area contributed by atoms with E-state index in [9.17, 15) is 9.59 Å². The lowest BCUT2D eigenvalue weighted by Crippen LogP contribution is -2.47. The number of carbonyl (C=O) groups is 2. The predicted octanol–water partition coefficient (Wildman–Crippen LogP) is 1.30. The molecular weight excluding hydrogens is 260 g/mol. The Morgan fingerprint density at radius 1 is 1.21 bits per heavy atom. The fourth-order valence-electron chi connectivity index (χ4n) is 1.64. The minimum absolute atomic E-state index is 0.218. The Balaban J connectivity index is 2.49. The molecule has 0 heterocycles. The van der Waals surface area contributed by atoms with Crippen LogP contribution in [-0.2, 0) is 22.6 Å². The lowest BCUT2D eigenvalue weighted by atomic mass is 10.1. The number of hydrogen-bond donors (Lipinski definition) is 3. The van der Waals surface area contributed by atoms with Crippen molar-refractivity contribution in [1.82, 2.24) is 10.6 Å². The zero-order chi connectivity index (χ0) is 14.3. The van der Waals surface area contributed by atoms with Crippen LogP contribution in [0.2, 0.25) is 0 Å². The van der Waals surface area contributed by atoms with Gasteiger partial charge in [0.2, 0.25) is 11.8 Å². The van der Waals surface area contributed by atoms with Gasteiger partial charge in [-0.15, -0.1) is 0 Å². The predicted molar refractivity (Wildman–Crippen MR) is 79.1 cm³/mol. The molecule has 0 aromatic heterocycles. The first-order chi connectivity index (χ1) is 9.06. The van der Waals surface area contributed by atoms with Crippen molar-refractivity contribution in [2.75, 3.05) is 5.75 Å². The van der Waals surface area contributed by atoms with E-state index in [4.69, 9.17) is 0 Å². The van der Waals surface area contributed by atoms with Crippen molar-refractivity contribution in [3.63, 3.8) is 0 Å². The van der Waals surface area contributed by atoms with Gasteiger partial charge in [-0.1, -0.05) is 31.2 Å². The molecule has 2 N–H and O–H groups in total. The van der Waals surface area contributed by atoms with Crippen molar-refractivity contribution in [3.8, 4) is 0 Å². The van der Waals surface area contributed by atoms with Crippen LogP contribution in [0.15, 0.2) is 24.3 Å². The van der Waals surface area contributed by atoms with E-state index in [1.165, 1.54) is 12.5 Å². The monoisotopic (exact) mass is 280 g/mol. The summed E-state index contributed by atoms with van der Waals surface area (Å²) in [5, 5.41) is 5.35. The van der Waals surface area contributed by atoms with Crippen LogP contribution in [0.4, 0.5) is 0 Å². The average Bonchev–Trinajstić information content (AvgIpc) is 2.42. The van der Waals surface area contributed by atoms with Crippen molar-refractivity contribution in [1.29, 1.82) is 0 Å². The SMILES string of the molecule is CCc1ccc(CNC(=O)C(CS)NC(C)=O)cc1. The first-order valence-corrected chi connectivity index (χ1v) is 6.93. The Hall–Kier alpha value is -1.49. The summed E-state index contributed by atoms with van der Waals surface area (Å²) in [6, 6.07) is 7.49. The molecule has 0 saturated carbocycles. The van der Waals surface area contributed by atoms with E-state index in [1.807, 2.05) is 24.3 Å². The zero-order valence-electron chi connectivity index (χ0n) is 11.3. The third-order valence-corrected chi connectivity index (χ3v) is 3.14. The summed E-state index contributed by atoms with van der Waals surface area (Å²) in [4.78, 5) is 22.8. The molecule has 1 aromatic rings. The largest absolute Gasteiger partial charge is 0.350 e. The van der Waals surface area contributed by atoms with Crippen LogP contribution >= 0.6 is 12.6 Å². The Labute approximate surface area is 119 Å². The molecule has 104 valence electrons. The fraction of sp³-hybridized carbons (Fsp3) is 0.429. The van der Waals surface area contributed by atoms with Crippen molar-refractivity contribution in [2.45, 2.75) is 32.9 Å². The lowest BCUT2D eigenvalue weighted by molar-refractivity contribution is -0.127. The van der Waals surface area contributed by atoms with Crippen molar-refractivity contribution in [2.24, 2.45) is 0 Å². The Kier molecular flexibility index (Phi) is 6.42. The normalized spacial score (nSPS) is 11.7. The van der Waals surface area contributed by atoms with Crippen LogP contribution in [0.25, 0.3) is 0 Å². The minimum atomic E-state index is -0.587. The lowest BCUT2D eigenvalue weighted by Gasteiger charge is -2.15. The number of benzene rings is 1. The Bertz CT molecular complexity index is 432. The van der Waals surface area contributed by atoms with E-state index in [2.05, 4.69) is 30.2 Å². The second-order valence-electron chi connectivity index (χ2n) is 4.32. The Morgan fingerprint density at radius 2 is 1.79 bits per heavy atom. The molecule has 0 radical (unpaired) electrons. The summed E-state index contributed by atoms with van der Waals surface area (Å²) < 4.78 is 0. The highest BCUT2D eigenvalue weighted by Crippen LogP contribution is 2.04. The molecule has 0 aliphatic heterocycles. The quantitative estimate of drug-likeness (QED) is 0.688. The molecule has 0 bridgehead atoms. The van der Waals surface area contributed by atoms with E-state index >= 15 is 0 Å². The zero-order valence-corrected chi connectivity index (χ0v) is 12.2. The third kappa shape index (κ3) is 5.34. The Morgan fingerprint density at radius 3 is 2.26 bits per heavy atom. The number of amides is 2. The highest BCUT2D eigenvalue weighted by Gasteiger charge is 2.16. The molecular formula is C14H20N2O2S. The topological polar surface area (TPSA) is 58.2 Å². The van der Waals surface area contributed by atoms with Gasteiger partial charge in [-0.25, -0.2) is 0 Å². The average molecular weight is 280 g/mol. The van der Waals surface area contributed by atoms with Gasteiger partial charge in [0.05, 0.1) is 0 Å². The number of carbonyl (C=O) groups excluding carboxylic acids is 2. The summed E-state index contributed by atoms with van der Waals surface area (Å²) in [6.07, 6.45) is 0.997. The van der Waals surface area contributed by atoms with Gasteiger partial charge in [-0.3, -0.25) is 9.59 Å². The van der Waals surface area contributed by atoms with Crippen molar-refractivity contribution in [3.05, 3.63) is 35.4 Å². The molecule has 2 amide bonds. The van der Waals surface area contributed by atoms with Gasteiger partial charge >= 0.3 is 0 Å². The first-order valence-electron chi connectivity index (χ1n) is 6.30. The van der Waals surface area contributed by atoms with Gasteiger partial charge < -0.3 is 10.6 Å². The molecule has 4 nitrogen and oxygen atoms in total. The van der Waals surface area contributed by atoms with E-state index in [0.29, 0.717) is 6.54 Å². The highest BCUT2D eigenvalue weighted by atomic mass is 32.1. The second-order valence-corrected chi connectivity index (χ2v) is 4.69. The maximum Gasteiger partial charge on any atom is 0.243 e. The number of aryl methyl sites for hydroxylation is 1. The van der Waals surface area contributed by atoms with Gasteiger partial charge in [0.25, 0.3) is 0 Å². The van der Waals surface area contributed by atoms with Gasteiger partial charge in [-0.2, -0.15) is 12.6 Å². The van der Waals surface area contributed by atoms with Gasteiger partial charge in [0.15, 0.2) is 0 Å². The molecule has 1 unspecified atom stereocenters. The van der Waals surface area contributed by atoms with Crippen LogP contribution < -0.4 is 10.6 Å². The number of rotatable bonds is 6. The van der Waals surface area contributed by atoms with Crippen LogP contribution in [0.5, 0.6) is 0 Å². The number of nitrogens with one attached hydrogen (secondary N) is 2. The van der Waals surface area contributed by atoms with Gasteiger partial charge in [0.1, 0.15) is 6.04 Å². The maximum atomic E-state index is 11.8. The molecule has 1 atom stereocenters. The van der Waals surface area contributed by atoms with Crippen LogP contribution in [0.3, 0.4) is 0 Å². The highest BCUT2D eigenvalue weighted by molar-refractivity contribution is 7.80. The summed E-state index contributed by atoms with van der Waals surface area (Å²) in [5.41, 5.74) is 2.30. The van der Waals surface area contributed by atoms with Crippen molar-refractivity contribution < 1.29 is 9.59 Å². The molecule has 5 heteroatoms. The molecule has 0 spiro atoms. The van der Waals surface area contributed by atoms with Crippen LogP contribution in [0, 0.1) is 0 Å². The van der Waals surface area contributed by atoms with Crippen LogP contribution in [0.1, 0.15) is 25.0 Å².